The van der Waals surface area contributed by atoms with Gasteiger partial charge in [-0.15, -0.1) is 0 Å². The minimum absolute atomic E-state index is 0. The van der Waals surface area contributed by atoms with Crippen LogP contribution in [0.5, 0.6) is 0 Å². The molecule has 0 spiro atoms. The minimum atomic E-state index is 0. The molecule has 242 valence electrons. The molecule has 0 heterocycles. The quantitative estimate of drug-likeness (QED) is 0.0616. The summed E-state index contributed by atoms with van der Waals surface area (Å²) >= 11 is 0. The fourth-order valence-corrected chi connectivity index (χ4v) is 6.29. The first-order chi connectivity index (χ1) is 19.6. The Hall–Kier alpha value is -0.530. The van der Waals surface area contributed by atoms with Crippen LogP contribution < -0.4 is 12.4 Å². The van der Waals surface area contributed by atoms with E-state index < -0.39 is 0 Å². The predicted molar refractivity (Wildman–Crippen MR) is 182 cm³/mol. The van der Waals surface area contributed by atoms with Crippen LogP contribution in [0.3, 0.4) is 0 Å². The summed E-state index contributed by atoms with van der Waals surface area (Å²) in [7, 11) is 4.84. The molecule has 2 heteroatoms. The van der Waals surface area contributed by atoms with Gasteiger partial charge in [0, 0.05) is 5.56 Å². The van der Waals surface area contributed by atoms with Gasteiger partial charge in [-0.25, -0.2) is 0 Å². The van der Waals surface area contributed by atoms with Crippen molar-refractivity contribution in [3.05, 3.63) is 35.4 Å². The summed E-state index contributed by atoms with van der Waals surface area (Å²) in [5.74, 6) is 0. The second kappa shape index (κ2) is 29.5. The van der Waals surface area contributed by atoms with Gasteiger partial charge in [0.15, 0.2) is 0 Å². The number of unbranched alkanes of at least 4 members (excludes halogenated alkanes) is 24. The van der Waals surface area contributed by atoms with E-state index in [0.29, 0.717) is 0 Å². The zero-order valence-electron chi connectivity index (χ0n) is 28.6. The molecule has 1 aromatic rings. The molecule has 0 amide bonds. The molecule has 0 aliphatic rings. The molecule has 1 aromatic carbocycles. The summed E-state index contributed by atoms with van der Waals surface area (Å²) in [5, 5.41) is 0. The first-order valence-corrected chi connectivity index (χ1v) is 18.5. The van der Waals surface area contributed by atoms with Gasteiger partial charge in [-0.3, -0.25) is 0 Å². The molecule has 1 rings (SSSR count). The molecule has 0 aromatic heterocycles. The number of nitrogens with zero attached hydrogens (tertiary/aromatic N) is 1. The summed E-state index contributed by atoms with van der Waals surface area (Å²) in [6.07, 6.45) is 38.7. The maximum absolute atomic E-state index is 2.42. The van der Waals surface area contributed by atoms with Crippen molar-refractivity contribution in [2.75, 3.05) is 20.6 Å². The van der Waals surface area contributed by atoms with Crippen LogP contribution >= 0.6 is 0 Å². The Labute approximate surface area is 266 Å². The lowest BCUT2D eigenvalue weighted by Crippen LogP contribution is -3.00. The zero-order chi connectivity index (χ0) is 29.0. The normalized spacial score (nSPS) is 11.6. The van der Waals surface area contributed by atoms with Gasteiger partial charge in [0.2, 0.25) is 0 Å². The van der Waals surface area contributed by atoms with E-state index in [1.165, 1.54) is 191 Å². The highest BCUT2D eigenvalue weighted by molar-refractivity contribution is 5.22. The third-order valence-electron chi connectivity index (χ3n) is 9.07. The Morgan fingerprint density at radius 3 is 1.05 bits per heavy atom. The molecule has 0 atom stereocenters. The van der Waals surface area contributed by atoms with E-state index in [4.69, 9.17) is 0 Å². The highest BCUT2D eigenvalue weighted by Gasteiger charge is 2.15. The highest BCUT2D eigenvalue weighted by atomic mass is 35.5. The Balaban J connectivity index is 0.0000160. The van der Waals surface area contributed by atoms with Crippen LogP contribution in [-0.4, -0.2) is 25.1 Å². The highest BCUT2D eigenvalue weighted by Crippen LogP contribution is 2.17. The molecule has 0 aliphatic heterocycles. The van der Waals surface area contributed by atoms with E-state index in [0.717, 1.165) is 11.0 Å². The van der Waals surface area contributed by atoms with Crippen molar-refractivity contribution in [3.8, 4) is 0 Å². The van der Waals surface area contributed by atoms with Crippen molar-refractivity contribution in [3.63, 3.8) is 0 Å². The van der Waals surface area contributed by atoms with E-state index in [9.17, 15) is 0 Å². The van der Waals surface area contributed by atoms with Gasteiger partial charge < -0.3 is 16.9 Å². The lowest BCUT2D eigenvalue weighted by molar-refractivity contribution is -0.903. The number of hydrogen-bond acceptors (Lipinski definition) is 0. The third kappa shape index (κ3) is 26.8. The molecule has 0 unspecified atom stereocenters. The average Bonchev–Trinajstić information content (AvgIpc) is 2.94. The largest absolute Gasteiger partial charge is 1.00 e. The van der Waals surface area contributed by atoms with E-state index >= 15 is 0 Å². The van der Waals surface area contributed by atoms with Gasteiger partial charge in [0.05, 0.1) is 20.6 Å². The molecular formula is C39H74ClN. The lowest BCUT2D eigenvalue weighted by atomic mass is 10.0. The Kier molecular flexibility index (Phi) is 29.2. The van der Waals surface area contributed by atoms with Crippen molar-refractivity contribution in [1.82, 2.24) is 0 Å². The van der Waals surface area contributed by atoms with Gasteiger partial charge in [-0.2, -0.15) is 0 Å². The molecule has 1 nitrogen and oxygen atoms in total. The summed E-state index contributed by atoms with van der Waals surface area (Å²) < 4.78 is 1.12. The Morgan fingerprint density at radius 1 is 0.390 bits per heavy atom. The van der Waals surface area contributed by atoms with Crippen molar-refractivity contribution in [1.29, 1.82) is 0 Å². The van der Waals surface area contributed by atoms with Crippen molar-refractivity contribution < 1.29 is 16.9 Å². The molecule has 0 bridgehead atoms. The Bertz CT molecular complexity index is 637. The van der Waals surface area contributed by atoms with Gasteiger partial charge in [-0.1, -0.05) is 186 Å². The molecule has 41 heavy (non-hydrogen) atoms. The van der Waals surface area contributed by atoms with Crippen LogP contribution in [0.25, 0.3) is 0 Å². The fourth-order valence-electron chi connectivity index (χ4n) is 6.29. The smallest absolute Gasteiger partial charge is 0.104 e. The average molecular weight is 592 g/mol. The van der Waals surface area contributed by atoms with Crippen LogP contribution in [0.15, 0.2) is 24.3 Å². The third-order valence-corrected chi connectivity index (χ3v) is 9.07. The van der Waals surface area contributed by atoms with Crippen LogP contribution in [0.1, 0.15) is 192 Å². The van der Waals surface area contributed by atoms with Crippen LogP contribution in [-0.2, 0) is 13.0 Å². The summed E-state index contributed by atoms with van der Waals surface area (Å²) in [5.41, 5.74) is 3.04. The number of aryl methyl sites for hydroxylation is 1. The Morgan fingerprint density at radius 2 is 0.683 bits per heavy atom. The molecule has 0 radical (unpaired) electrons. The molecule has 0 saturated carbocycles. The monoisotopic (exact) mass is 592 g/mol. The lowest BCUT2D eigenvalue weighted by Gasteiger charge is -2.30. The summed E-state index contributed by atoms with van der Waals surface area (Å²) in [6, 6.07) is 9.61. The van der Waals surface area contributed by atoms with Gasteiger partial charge >= 0.3 is 0 Å². The predicted octanol–water partition coefficient (Wildman–Crippen LogP) is 9.99. The molecule has 0 N–H and O–H groups in total. The van der Waals surface area contributed by atoms with E-state index in [2.05, 4.69) is 52.2 Å². The van der Waals surface area contributed by atoms with Crippen LogP contribution in [0.4, 0.5) is 0 Å². The van der Waals surface area contributed by atoms with E-state index in [1.54, 1.807) is 0 Å². The molecule has 0 saturated heterocycles. The van der Waals surface area contributed by atoms with E-state index in [-0.39, 0.29) is 12.4 Å². The van der Waals surface area contributed by atoms with Crippen molar-refractivity contribution in [2.45, 2.75) is 194 Å². The van der Waals surface area contributed by atoms with E-state index in [1.807, 2.05) is 0 Å². The topological polar surface area (TPSA) is 0 Å². The fraction of sp³-hybridized carbons (Fsp3) is 0.846. The second-order valence-corrected chi connectivity index (χ2v) is 13.9. The maximum atomic E-state index is 2.42. The number of halogens is 1. The summed E-state index contributed by atoms with van der Waals surface area (Å²) in [4.78, 5) is 0. The van der Waals surface area contributed by atoms with Crippen molar-refractivity contribution in [2.24, 2.45) is 0 Å². The second-order valence-electron chi connectivity index (χ2n) is 13.9. The van der Waals surface area contributed by atoms with Crippen LogP contribution in [0.2, 0.25) is 0 Å². The first kappa shape index (κ1) is 40.5. The number of benzene rings is 1. The minimum Gasteiger partial charge on any atom is -1.00 e. The molecule has 0 fully saturated rings. The zero-order valence-corrected chi connectivity index (χ0v) is 29.4. The molecule has 0 aliphatic carbocycles. The molecular weight excluding hydrogens is 518 g/mol. The van der Waals surface area contributed by atoms with Crippen molar-refractivity contribution >= 4 is 0 Å². The first-order valence-electron chi connectivity index (χ1n) is 18.5. The van der Waals surface area contributed by atoms with Gasteiger partial charge in [0.1, 0.15) is 6.54 Å². The maximum Gasteiger partial charge on any atom is 0.104 e. The van der Waals surface area contributed by atoms with Gasteiger partial charge in [-0.05, 0) is 31.2 Å². The summed E-state index contributed by atoms with van der Waals surface area (Å²) in [6.45, 7) is 7.08. The number of hydrogen-bond donors (Lipinski definition) is 0. The van der Waals surface area contributed by atoms with Crippen LogP contribution in [0, 0.1) is 0 Å². The SMILES string of the molecule is CCCCCCCCCCCCCCCCCC[N+](C)(C)Cc1ccc(CCCCCCCCCCCC)cc1.[Cl-]. The standard InChI is InChI=1S/C39H74N.ClH/c1-5-7-9-11-13-15-17-18-19-20-21-22-24-26-28-30-36-40(3,4)37-39-34-32-38(33-35-39)31-29-27-25-23-16-14-12-10-8-6-2;/h32-35H,5-31,36-37H2,1-4H3;1H/q+1;/p-1. The van der Waals surface area contributed by atoms with Gasteiger partial charge in [0.25, 0.3) is 0 Å². The number of rotatable bonds is 30. The number of quaternary nitrogens is 1.